The summed E-state index contributed by atoms with van der Waals surface area (Å²) < 4.78 is 42.5. The second kappa shape index (κ2) is 6.89. The molecule has 128 valence electrons. The smallest absolute Gasteiger partial charge is 0.416 e. The van der Waals surface area contributed by atoms with Crippen LogP contribution in [0.4, 0.5) is 18.0 Å². The molecule has 0 aliphatic heterocycles. The molecule has 0 bridgehead atoms. The zero-order valence-corrected chi connectivity index (χ0v) is 12.9. The van der Waals surface area contributed by atoms with E-state index in [4.69, 9.17) is 4.74 Å². The van der Waals surface area contributed by atoms with E-state index in [1.54, 1.807) is 20.8 Å². The Morgan fingerprint density at radius 2 is 1.70 bits per heavy atom. The highest BCUT2D eigenvalue weighted by Gasteiger charge is 2.31. The van der Waals surface area contributed by atoms with E-state index in [1.165, 1.54) is 0 Å². The van der Waals surface area contributed by atoms with Gasteiger partial charge < -0.3 is 15.2 Å². The highest BCUT2D eigenvalue weighted by Crippen LogP contribution is 2.30. The van der Waals surface area contributed by atoms with Crippen molar-refractivity contribution in [1.82, 2.24) is 5.32 Å². The number of halogens is 3. The maximum absolute atomic E-state index is 12.5. The van der Waals surface area contributed by atoms with Crippen LogP contribution in [0.15, 0.2) is 24.3 Å². The molecule has 23 heavy (non-hydrogen) atoms. The SMILES string of the molecule is CC(C)(C)OC(=O)NC[C@@H](C(=O)O)c1ccc(C(F)(F)F)cc1. The molecule has 0 saturated heterocycles. The summed E-state index contributed by atoms with van der Waals surface area (Å²) in [4.78, 5) is 22.8. The van der Waals surface area contributed by atoms with Crippen LogP contribution in [0.2, 0.25) is 0 Å². The summed E-state index contributed by atoms with van der Waals surface area (Å²) >= 11 is 0. The number of hydrogen-bond acceptors (Lipinski definition) is 3. The lowest BCUT2D eigenvalue weighted by Gasteiger charge is -2.21. The number of alkyl carbamates (subject to hydrolysis) is 1. The number of carbonyl (C=O) groups is 2. The van der Waals surface area contributed by atoms with Crippen LogP contribution in [-0.2, 0) is 15.7 Å². The van der Waals surface area contributed by atoms with Crippen LogP contribution in [0.3, 0.4) is 0 Å². The fraction of sp³-hybridized carbons (Fsp3) is 0.467. The topological polar surface area (TPSA) is 75.6 Å². The Kier molecular flexibility index (Phi) is 5.63. The van der Waals surface area contributed by atoms with Gasteiger partial charge in [-0.15, -0.1) is 0 Å². The van der Waals surface area contributed by atoms with Gasteiger partial charge in [0.05, 0.1) is 11.5 Å². The number of hydrogen-bond donors (Lipinski definition) is 2. The van der Waals surface area contributed by atoms with E-state index in [-0.39, 0.29) is 12.1 Å². The van der Waals surface area contributed by atoms with Crippen molar-refractivity contribution >= 4 is 12.1 Å². The molecule has 0 fully saturated rings. The molecular formula is C15H18F3NO4. The van der Waals surface area contributed by atoms with Crippen LogP contribution in [0.25, 0.3) is 0 Å². The largest absolute Gasteiger partial charge is 0.481 e. The van der Waals surface area contributed by atoms with E-state index in [1.807, 2.05) is 0 Å². The minimum atomic E-state index is -4.49. The number of benzene rings is 1. The van der Waals surface area contributed by atoms with Gasteiger partial charge in [-0.1, -0.05) is 12.1 Å². The summed E-state index contributed by atoms with van der Waals surface area (Å²) in [5.41, 5.74) is -1.45. The highest BCUT2D eigenvalue weighted by atomic mass is 19.4. The average molecular weight is 333 g/mol. The number of aliphatic carboxylic acids is 1. The van der Waals surface area contributed by atoms with Crippen molar-refractivity contribution in [2.24, 2.45) is 0 Å². The number of carbonyl (C=O) groups excluding carboxylic acids is 1. The van der Waals surface area contributed by atoms with Gasteiger partial charge in [-0.2, -0.15) is 13.2 Å². The number of carboxylic acids is 1. The van der Waals surface area contributed by atoms with E-state index in [0.29, 0.717) is 0 Å². The van der Waals surface area contributed by atoms with Gasteiger partial charge in [0.15, 0.2) is 0 Å². The summed E-state index contributed by atoms with van der Waals surface area (Å²) in [6.07, 6.45) is -5.29. The van der Waals surface area contributed by atoms with Gasteiger partial charge in [-0.05, 0) is 38.5 Å². The second-order valence-electron chi connectivity index (χ2n) is 5.89. The maximum Gasteiger partial charge on any atom is 0.416 e. The van der Waals surface area contributed by atoms with Crippen molar-refractivity contribution in [3.63, 3.8) is 0 Å². The lowest BCUT2D eigenvalue weighted by atomic mass is 9.98. The Morgan fingerprint density at radius 1 is 1.17 bits per heavy atom. The van der Waals surface area contributed by atoms with Crippen molar-refractivity contribution in [3.05, 3.63) is 35.4 Å². The average Bonchev–Trinajstić information content (AvgIpc) is 2.35. The van der Waals surface area contributed by atoms with Crippen LogP contribution in [0.5, 0.6) is 0 Å². The van der Waals surface area contributed by atoms with Crippen LogP contribution in [0.1, 0.15) is 37.8 Å². The predicted octanol–water partition coefficient (Wildman–Crippen LogP) is 3.40. The van der Waals surface area contributed by atoms with Gasteiger partial charge in [-0.25, -0.2) is 4.79 Å². The first kappa shape index (κ1) is 18.8. The second-order valence-corrected chi connectivity index (χ2v) is 5.89. The molecule has 2 N–H and O–H groups in total. The Hall–Kier alpha value is -2.25. The van der Waals surface area contributed by atoms with Gasteiger partial charge in [0.1, 0.15) is 5.60 Å². The summed E-state index contributed by atoms with van der Waals surface area (Å²) in [6, 6.07) is 3.77. The number of amides is 1. The normalized spacial score (nSPS) is 13.3. The number of nitrogens with one attached hydrogen (secondary N) is 1. The zero-order valence-electron chi connectivity index (χ0n) is 12.9. The number of carboxylic acid groups (broad SMARTS) is 1. The van der Waals surface area contributed by atoms with E-state index in [9.17, 15) is 27.9 Å². The molecule has 0 spiro atoms. The van der Waals surface area contributed by atoms with Gasteiger partial charge in [-0.3, -0.25) is 4.79 Å². The van der Waals surface area contributed by atoms with E-state index >= 15 is 0 Å². The molecule has 0 radical (unpaired) electrons. The zero-order chi connectivity index (χ0) is 17.8. The Morgan fingerprint density at radius 3 is 2.09 bits per heavy atom. The van der Waals surface area contributed by atoms with Crippen molar-refractivity contribution in [3.8, 4) is 0 Å². The molecule has 0 aliphatic carbocycles. The quantitative estimate of drug-likeness (QED) is 0.885. The summed E-state index contributed by atoms with van der Waals surface area (Å²) in [6.45, 7) is 4.65. The van der Waals surface area contributed by atoms with E-state index in [0.717, 1.165) is 24.3 Å². The third kappa shape index (κ3) is 6.17. The third-order valence-electron chi connectivity index (χ3n) is 2.79. The first-order chi connectivity index (χ1) is 10.4. The lowest BCUT2D eigenvalue weighted by Crippen LogP contribution is -2.36. The van der Waals surface area contributed by atoms with Crippen LogP contribution < -0.4 is 5.32 Å². The Labute approximate surface area is 131 Å². The molecule has 1 rings (SSSR count). The van der Waals surface area contributed by atoms with Crippen molar-refractivity contribution in [2.45, 2.75) is 38.5 Å². The standard InChI is InChI=1S/C15H18F3NO4/c1-14(2,3)23-13(22)19-8-11(12(20)21)9-4-6-10(7-5-9)15(16,17)18/h4-7,11H,8H2,1-3H3,(H,19,22)(H,20,21)/t11-/m1/s1. The summed E-state index contributed by atoms with van der Waals surface area (Å²) in [7, 11) is 0. The first-order valence-electron chi connectivity index (χ1n) is 6.77. The predicted molar refractivity (Wildman–Crippen MR) is 76.1 cm³/mol. The lowest BCUT2D eigenvalue weighted by molar-refractivity contribution is -0.138. The molecule has 1 atom stereocenters. The number of ether oxygens (including phenoxy) is 1. The van der Waals surface area contributed by atoms with E-state index in [2.05, 4.69) is 5.32 Å². The van der Waals surface area contributed by atoms with Crippen molar-refractivity contribution in [2.75, 3.05) is 6.54 Å². The summed E-state index contributed by atoms with van der Waals surface area (Å²) in [5, 5.41) is 11.5. The molecule has 1 aromatic rings. The molecule has 0 heterocycles. The molecule has 1 aromatic carbocycles. The molecule has 5 nitrogen and oxygen atoms in total. The van der Waals surface area contributed by atoms with Gasteiger partial charge in [0.25, 0.3) is 0 Å². The fourth-order valence-electron chi connectivity index (χ4n) is 1.75. The van der Waals surface area contributed by atoms with E-state index < -0.39 is 35.3 Å². The molecule has 0 saturated carbocycles. The third-order valence-corrected chi connectivity index (χ3v) is 2.79. The van der Waals surface area contributed by atoms with Crippen LogP contribution in [-0.4, -0.2) is 29.3 Å². The monoisotopic (exact) mass is 333 g/mol. The first-order valence-corrected chi connectivity index (χ1v) is 6.77. The molecule has 1 amide bonds. The minimum Gasteiger partial charge on any atom is -0.481 e. The van der Waals surface area contributed by atoms with Crippen LogP contribution in [0, 0.1) is 0 Å². The Bertz CT molecular complexity index is 562. The number of rotatable bonds is 4. The van der Waals surface area contributed by atoms with Crippen molar-refractivity contribution < 1.29 is 32.6 Å². The van der Waals surface area contributed by atoms with Gasteiger partial charge in [0.2, 0.25) is 0 Å². The Balaban J connectivity index is 2.80. The highest BCUT2D eigenvalue weighted by molar-refractivity contribution is 5.77. The molecule has 0 aromatic heterocycles. The molecular weight excluding hydrogens is 315 g/mol. The number of alkyl halides is 3. The van der Waals surface area contributed by atoms with Gasteiger partial charge >= 0.3 is 18.2 Å². The molecule has 0 aliphatic rings. The minimum absolute atomic E-state index is 0.154. The van der Waals surface area contributed by atoms with Gasteiger partial charge in [0, 0.05) is 6.54 Å². The molecule has 0 unspecified atom stereocenters. The van der Waals surface area contributed by atoms with Crippen LogP contribution >= 0.6 is 0 Å². The fourth-order valence-corrected chi connectivity index (χ4v) is 1.75. The molecule has 8 heteroatoms. The maximum atomic E-state index is 12.5. The summed E-state index contributed by atoms with van der Waals surface area (Å²) in [5.74, 6) is -2.44. The van der Waals surface area contributed by atoms with Crippen molar-refractivity contribution in [1.29, 1.82) is 0 Å².